The highest BCUT2D eigenvalue weighted by Gasteiger charge is 2.31. The van der Waals surface area contributed by atoms with Crippen molar-refractivity contribution in [2.75, 3.05) is 0 Å². The number of halogens is 1. The Kier molecular flexibility index (Phi) is 4.60. The highest BCUT2D eigenvalue weighted by Crippen LogP contribution is 2.37. The van der Waals surface area contributed by atoms with Gasteiger partial charge in [0.1, 0.15) is 5.52 Å². The fraction of sp³-hybridized carbons (Fsp3) is 0.304. The van der Waals surface area contributed by atoms with Gasteiger partial charge in [-0.2, -0.15) is 0 Å². The third kappa shape index (κ3) is 3.40. The number of hydrogen-bond donors (Lipinski definition) is 0. The monoisotopic (exact) mass is 481 g/mol. The Morgan fingerprint density at radius 2 is 1.97 bits per heavy atom. The summed E-state index contributed by atoms with van der Waals surface area (Å²) in [5.41, 5.74) is 3.69. The summed E-state index contributed by atoms with van der Waals surface area (Å²) in [5.74, 6) is -0.183. The molecule has 1 aromatic carbocycles. The second kappa shape index (κ2) is 7.10. The van der Waals surface area contributed by atoms with Gasteiger partial charge in [0.2, 0.25) is 11.3 Å². The highest BCUT2D eigenvalue weighted by atomic mass is 79.9. The number of rotatable bonds is 3. The molecule has 1 aliphatic heterocycles. The normalized spacial score (nSPS) is 15.4. The average molecular weight is 482 g/mol. The largest absolute Gasteiger partial charge is 0.430 e. The number of carbonyl (C=O) groups is 1. The van der Waals surface area contributed by atoms with Crippen LogP contribution in [-0.4, -0.2) is 25.9 Å². The van der Waals surface area contributed by atoms with Crippen molar-refractivity contribution in [1.82, 2.24) is 14.5 Å². The zero-order valence-corrected chi connectivity index (χ0v) is 18.9. The molecule has 3 aromatic heterocycles. The van der Waals surface area contributed by atoms with Crippen LogP contribution < -0.4 is 5.56 Å². The molecule has 0 bridgehead atoms. The molecule has 0 spiro atoms. The fourth-order valence-electron chi connectivity index (χ4n) is 4.05. The van der Waals surface area contributed by atoms with E-state index in [4.69, 9.17) is 9.15 Å². The molecule has 0 amide bonds. The van der Waals surface area contributed by atoms with E-state index in [1.807, 2.05) is 20.8 Å². The van der Waals surface area contributed by atoms with E-state index in [-0.39, 0.29) is 23.5 Å². The van der Waals surface area contributed by atoms with Crippen LogP contribution in [0.5, 0.6) is 0 Å². The van der Waals surface area contributed by atoms with Crippen molar-refractivity contribution in [2.45, 2.75) is 45.9 Å². The number of Topliss-reactive ketones (excluding diaryl/α,β-unsaturated/α-hetero) is 1. The Bertz CT molecular complexity index is 1420. The van der Waals surface area contributed by atoms with Gasteiger partial charge in [-0.15, -0.1) is 0 Å². The molecule has 0 saturated heterocycles. The van der Waals surface area contributed by atoms with Crippen LogP contribution >= 0.6 is 15.9 Å². The van der Waals surface area contributed by atoms with Crippen LogP contribution in [0.25, 0.3) is 22.2 Å². The number of carbonyl (C=O) groups excluding carboxylic acids is 1. The lowest BCUT2D eigenvalue weighted by molar-refractivity contribution is -0.0400. The van der Waals surface area contributed by atoms with Gasteiger partial charge in [0.25, 0.3) is 5.56 Å². The number of aromatic nitrogens is 3. The van der Waals surface area contributed by atoms with Crippen LogP contribution in [-0.2, 0) is 24.3 Å². The van der Waals surface area contributed by atoms with Crippen molar-refractivity contribution in [2.24, 2.45) is 0 Å². The maximum absolute atomic E-state index is 13.1. The van der Waals surface area contributed by atoms with Gasteiger partial charge in [-0.05, 0) is 38.5 Å². The number of benzene rings is 1. The first-order valence-electron chi connectivity index (χ1n) is 9.96. The lowest BCUT2D eigenvalue weighted by Crippen LogP contribution is -2.32. The lowest BCUT2D eigenvalue weighted by atomic mass is 9.89. The summed E-state index contributed by atoms with van der Waals surface area (Å²) in [4.78, 5) is 34.8. The van der Waals surface area contributed by atoms with Crippen LogP contribution in [0.1, 0.15) is 41.0 Å². The third-order valence-electron chi connectivity index (χ3n) is 5.71. The summed E-state index contributed by atoms with van der Waals surface area (Å²) in [6, 6.07) is 7.01. The molecule has 7 nitrogen and oxygen atoms in total. The number of furan rings is 1. The van der Waals surface area contributed by atoms with E-state index in [2.05, 4.69) is 25.9 Å². The summed E-state index contributed by atoms with van der Waals surface area (Å²) >= 11 is 3.35. The first kappa shape index (κ1) is 20.1. The Morgan fingerprint density at radius 1 is 1.23 bits per heavy atom. The predicted octanol–water partition coefficient (Wildman–Crippen LogP) is 4.34. The molecule has 0 N–H and O–H groups in total. The number of pyridine rings is 1. The zero-order chi connectivity index (χ0) is 21.9. The average Bonchev–Trinajstić information content (AvgIpc) is 3.09. The molecule has 0 saturated carbocycles. The maximum Gasteiger partial charge on any atom is 0.297 e. The molecule has 0 unspecified atom stereocenters. The first-order chi connectivity index (χ1) is 14.7. The second-order valence-corrected chi connectivity index (χ2v) is 9.36. The van der Waals surface area contributed by atoms with Crippen LogP contribution in [0, 0.1) is 6.92 Å². The molecule has 5 rings (SSSR count). The second-order valence-electron chi connectivity index (χ2n) is 8.45. The minimum Gasteiger partial charge on any atom is -0.430 e. The number of ether oxygens (including phenoxy) is 1. The van der Waals surface area contributed by atoms with Crippen molar-refractivity contribution in [3.63, 3.8) is 0 Å². The Hall–Kier alpha value is -2.84. The van der Waals surface area contributed by atoms with Gasteiger partial charge in [-0.1, -0.05) is 28.1 Å². The van der Waals surface area contributed by atoms with Gasteiger partial charge in [0, 0.05) is 27.7 Å². The standard InChI is InChI=1S/C23H20BrN3O4/c1-12-16-10-30-23(2,3)8-15(16)18-19-20(31-21(18)26-12)22(29)27(11-25-19)9-17(28)13-4-6-14(24)7-5-13/h4-7,11H,8-10H2,1-3H3. The highest BCUT2D eigenvalue weighted by molar-refractivity contribution is 9.10. The minimum absolute atomic E-state index is 0.116. The van der Waals surface area contributed by atoms with Gasteiger partial charge in [-0.3, -0.25) is 14.2 Å². The molecule has 0 radical (unpaired) electrons. The Labute approximate surface area is 186 Å². The summed E-state index contributed by atoms with van der Waals surface area (Å²) < 4.78 is 14.0. The molecule has 1 aliphatic rings. The van der Waals surface area contributed by atoms with Crippen LogP contribution in [0.4, 0.5) is 0 Å². The van der Waals surface area contributed by atoms with Gasteiger partial charge in [-0.25, -0.2) is 9.97 Å². The fourth-order valence-corrected chi connectivity index (χ4v) is 4.32. The van der Waals surface area contributed by atoms with Gasteiger partial charge in [0.15, 0.2) is 5.78 Å². The molecule has 158 valence electrons. The molecule has 0 aliphatic carbocycles. The van der Waals surface area contributed by atoms with Crippen molar-refractivity contribution in [1.29, 1.82) is 0 Å². The molecule has 8 heteroatoms. The van der Waals surface area contributed by atoms with Crippen LogP contribution in [0.2, 0.25) is 0 Å². The molecule has 4 heterocycles. The van der Waals surface area contributed by atoms with Crippen molar-refractivity contribution < 1.29 is 13.9 Å². The van der Waals surface area contributed by atoms with E-state index in [1.54, 1.807) is 24.3 Å². The molecular weight excluding hydrogens is 462 g/mol. The van der Waals surface area contributed by atoms with Gasteiger partial charge >= 0.3 is 0 Å². The molecule has 4 aromatic rings. The van der Waals surface area contributed by atoms with Crippen molar-refractivity contribution in [3.8, 4) is 0 Å². The number of aryl methyl sites for hydroxylation is 1. The number of fused-ring (bicyclic) bond motifs is 5. The quantitative estimate of drug-likeness (QED) is 0.404. The predicted molar refractivity (Wildman–Crippen MR) is 119 cm³/mol. The van der Waals surface area contributed by atoms with E-state index in [1.165, 1.54) is 10.9 Å². The Morgan fingerprint density at radius 3 is 2.71 bits per heavy atom. The zero-order valence-electron chi connectivity index (χ0n) is 17.4. The summed E-state index contributed by atoms with van der Waals surface area (Å²) in [5, 5.41) is 0.760. The van der Waals surface area contributed by atoms with Gasteiger partial charge < -0.3 is 9.15 Å². The molecule has 0 atom stereocenters. The van der Waals surface area contributed by atoms with Crippen molar-refractivity contribution in [3.05, 3.63) is 67.8 Å². The SMILES string of the molecule is Cc1nc2oc3c(=O)n(CC(=O)c4ccc(Br)cc4)cnc3c2c2c1COC(C)(C)C2. The molecule has 31 heavy (non-hydrogen) atoms. The van der Waals surface area contributed by atoms with Crippen LogP contribution in [0.15, 0.2) is 44.3 Å². The smallest absolute Gasteiger partial charge is 0.297 e. The van der Waals surface area contributed by atoms with E-state index in [0.717, 1.165) is 26.7 Å². The van der Waals surface area contributed by atoms with E-state index in [0.29, 0.717) is 29.8 Å². The lowest BCUT2D eigenvalue weighted by Gasteiger charge is -2.32. The summed E-state index contributed by atoms with van der Waals surface area (Å²) in [6.45, 7) is 6.33. The minimum atomic E-state index is -0.397. The topological polar surface area (TPSA) is 87.2 Å². The number of nitrogens with zero attached hydrogens (tertiary/aromatic N) is 3. The van der Waals surface area contributed by atoms with E-state index < -0.39 is 5.56 Å². The van der Waals surface area contributed by atoms with Crippen molar-refractivity contribution >= 4 is 43.9 Å². The summed E-state index contributed by atoms with van der Waals surface area (Å²) in [7, 11) is 0. The number of ketones is 1. The molecule has 0 fully saturated rings. The van der Waals surface area contributed by atoms with Gasteiger partial charge in [0.05, 0.1) is 30.5 Å². The third-order valence-corrected chi connectivity index (χ3v) is 6.24. The van der Waals surface area contributed by atoms with E-state index >= 15 is 0 Å². The maximum atomic E-state index is 13.1. The van der Waals surface area contributed by atoms with Crippen LogP contribution in [0.3, 0.4) is 0 Å². The Balaban J connectivity index is 1.63. The molecular formula is C23H20BrN3O4. The van der Waals surface area contributed by atoms with E-state index in [9.17, 15) is 9.59 Å². The number of hydrogen-bond acceptors (Lipinski definition) is 6. The first-order valence-corrected chi connectivity index (χ1v) is 10.8. The summed E-state index contributed by atoms with van der Waals surface area (Å²) in [6.07, 6.45) is 2.08.